The molecule has 2 saturated heterocycles. The third-order valence-corrected chi connectivity index (χ3v) is 4.48. The van der Waals surface area contributed by atoms with E-state index in [-0.39, 0.29) is 5.60 Å². The van der Waals surface area contributed by atoms with Gasteiger partial charge in [0.2, 0.25) is 0 Å². The van der Waals surface area contributed by atoms with E-state index in [9.17, 15) is 0 Å². The average Bonchev–Trinajstić information content (AvgIpc) is 2.29. The molecular weight excluding hydrogens is 212 g/mol. The zero-order valence-electron chi connectivity index (χ0n) is 11.7. The second kappa shape index (κ2) is 5.68. The van der Waals surface area contributed by atoms with Crippen LogP contribution in [-0.4, -0.2) is 49.8 Å². The van der Waals surface area contributed by atoms with Crippen LogP contribution in [0.5, 0.6) is 0 Å². The van der Waals surface area contributed by atoms with Gasteiger partial charge in [0.15, 0.2) is 0 Å². The fraction of sp³-hybridized carbons (Fsp3) is 1.00. The molecule has 0 radical (unpaired) electrons. The SMILES string of the molecule is COC1(C)CCCN(CC2CCNC(C)C2)C1. The number of methoxy groups -OCH3 is 1. The first kappa shape index (κ1) is 13.3. The Labute approximate surface area is 106 Å². The van der Waals surface area contributed by atoms with Crippen molar-refractivity contribution < 1.29 is 4.74 Å². The van der Waals surface area contributed by atoms with Gasteiger partial charge in [-0.05, 0) is 58.5 Å². The van der Waals surface area contributed by atoms with Crippen molar-refractivity contribution in [3.05, 3.63) is 0 Å². The fourth-order valence-electron chi connectivity index (χ4n) is 3.40. The maximum absolute atomic E-state index is 5.67. The number of hydrogen-bond acceptors (Lipinski definition) is 3. The van der Waals surface area contributed by atoms with Gasteiger partial charge in [-0.15, -0.1) is 0 Å². The molecule has 2 aliphatic rings. The van der Waals surface area contributed by atoms with Crippen LogP contribution in [0.1, 0.15) is 39.5 Å². The molecule has 0 bridgehead atoms. The topological polar surface area (TPSA) is 24.5 Å². The van der Waals surface area contributed by atoms with E-state index >= 15 is 0 Å². The Morgan fingerprint density at radius 2 is 2.29 bits per heavy atom. The number of ether oxygens (including phenoxy) is 1. The standard InChI is InChI=1S/C14H28N2O/c1-12-9-13(5-7-15-12)10-16-8-4-6-14(2,11-16)17-3/h12-13,15H,4-11H2,1-3H3. The lowest BCUT2D eigenvalue weighted by atomic mass is 9.90. The molecule has 2 heterocycles. The molecule has 0 aliphatic carbocycles. The Morgan fingerprint density at radius 3 is 3.00 bits per heavy atom. The summed E-state index contributed by atoms with van der Waals surface area (Å²) in [6.07, 6.45) is 5.16. The summed E-state index contributed by atoms with van der Waals surface area (Å²) < 4.78 is 5.67. The first-order valence-electron chi connectivity index (χ1n) is 7.12. The molecule has 0 aromatic rings. The second-order valence-corrected chi connectivity index (χ2v) is 6.24. The lowest BCUT2D eigenvalue weighted by Gasteiger charge is -2.41. The highest BCUT2D eigenvalue weighted by Crippen LogP contribution is 2.26. The molecule has 2 rings (SSSR count). The van der Waals surface area contributed by atoms with E-state index in [0.717, 1.165) is 12.5 Å². The van der Waals surface area contributed by atoms with Crippen LogP contribution in [-0.2, 0) is 4.74 Å². The van der Waals surface area contributed by atoms with Gasteiger partial charge in [-0.25, -0.2) is 0 Å². The molecule has 0 aromatic heterocycles. The lowest BCUT2D eigenvalue weighted by molar-refractivity contribution is -0.0547. The Hall–Kier alpha value is -0.120. The van der Waals surface area contributed by atoms with Crippen LogP contribution >= 0.6 is 0 Å². The molecule has 3 atom stereocenters. The predicted octanol–water partition coefficient (Wildman–Crippen LogP) is 1.88. The predicted molar refractivity (Wildman–Crippen MR) is 71.3 cm³/mol. The Bertz CT molecular complexity index is 246. The Balaban J connectivity index is 1.82. The summed E-state index contributed by atoms with van der Waals surface area (Å²) in [6, 6.07) is 0.701. The van der Waals surface area contributed by atoms with E-state index < -0.39 is 0 Å². The monoisotopic (exact) mass is 240 g/mol. The maximum Gasteiger partial charge on any atom is 0.0777 e. The first-order chi connectivity index (χ1) is 8.11. The van der Waals surface area contributed by atoms with E-state index in [2.05, 4.69) is 24.1 Å². The van der Waals surface area contributed by atoms with E-state index in [4.69, 9.17) is 4.74 Å². The van der Waals surface area contributed by atoms with Crippen LogP contribution in [0.15, 0.2) is 0 Å². The molecule has 3 unspecified atom stereocenters. The number of nitrogens with zero attached hydrogens (tertiary/aromatic N) is 1. The van der Waals surface area contributed by atoms with Gasteiger partial charge in [-0.2, -0.15) is 0 Å². The van der Waals surface area contributed by atoms with Crippen molar-refractivity contribution in [2.24, 2.45) is 5.92 Å². The molecule has 0 saturated carbocycles. The summed E-state index contributed by atoms with van der Waals surface area (Å²) in [5, 5.41) is 3.53. The number of nitrogens with one attached hydrogen (secondary N) is 1. The van der Waals surface area contributed by atoms with E-state index in [1.54, 1.807) is 0 Å². The Morgan fingerprint density at radius 1 is 1.47 bits per heavy atom. The average molecular weight is 240 g/mol. The molecule has 2 aliphatic heterocycles. The van der Waals surface area contributed by atoms with Crippen molar-refractivity contribution in [3.63, 3.8) is 0 Å². The highest BCUT2D eigenvalue weighted by molar-refractivity contribution is 4.86. The van der Waals surface area contributed by atoms with Crippen molar-refractivity contribution >= 4 is 0 Å². The van der Waals surface area contributed by atoms with Gasteiger partial charge in [0.1, 0.15) is 0 Å². The molecule has 2 fully saturated rings. The van der Waals surface area contributed by atoms with Gasteiger partial charge in [0.25, 0.3) is 0 Å². The van der Waals surface area contributed by atoms with Crippen molar-refractivity contribution in [3.8, 4) is 0 Å². The lowest BCUT2D eigenvalue weighted by Crippen LogP contribution is -2.50. The summed E-state index contributed by atoms with van der Waals surface area (Å²) in [7, 11) is 1.86. The number of rotatable bonds is 3. The van der Waals surface area contributed by atoms with Crippen molar-refractivity contribution in [2.75, 3.05) is 33.3 Å². The van der Waals surface area contributed by atoms with Crippen molar-refractivity contribution in [1.82, 2.24) is 10.2 Å². The van der Waals surface area contributed by atoms with Crippen LogP contribution in [0, 0.1) is 5.92 Å². The fourth-order valence-corrected chi connectivity index (χ4v) is 3.40. The zero-order chi connectivity index (χ0) is 12.3. The second-order valence-electron chi connectivity index (χ2n) is 6.24. The normalized spacial score (nSPS) is 40.4. The Kier molecular flexibility index (Phi) is 4.45. The largest absolute Gasteiger partial charge is 0.377 e. The summed E-state index contributed by atoms with van der Waals surface area (Å²) in [5.74, 6) is 0.880. The van der Waals surface area contributed by atoms with Gasteiger partial charge >= 0.3 is 0 Å². The van der Waals surface area contributed by atoms with Crippen LogP contribution in [0.3, 0.4) is 0 Å². The highest BCUT2D eigenvalue weighted by atomic mass is 16.5. The smallest absolute Gasteiger partial charge is 0.0777 e. The zero-order valence-corrected chi connectivity index (χ0v) is 11.7. The minimum Gasteiger partial charge on any atom is -0.377 e. The maximum atomic E-state index is 5.67. The summed E-state index contributed by atoms with van der Waals surface area (Å²) in [4.78, 5) is 2.62. The van der Waals surface area contributed by atoms with Crippen LogP contribution in [0.25, 0.3) is 0 Å². The molecule has 1 N–H and O–H groups in total. The number of piperidine rings is 2. The minimum absolute atomic E-state index is 0.0940. The van der Waals surface area contributed by atoms with Crippen LogP contribution < -0.4 is 5.32 Å². The van der Waals surface area contributed by atoms with Crippen LogP contribution in [0.4, 0.5) is 0 Å². The van der Waals surface area contributed by atoms with Gasteiger partial charge in [-0.1, -0.05) is 0 Å². The molecule has 0 aromatic carbocycles. The van der Waals surface area contributed by atoms with Gasteiger partial charge in [-0.3, -0.25) is 0 Å². The van der Waals surface area contributed by atoms with E-state index in [1.807, 2.05) is 7.11 Å². The summed E-state index contributed by atoms with van der Waals surface area (Å²) in [5.41, 5.74) is 0.0940. The quantitative estimate of drug-likeness (QED) is 0.815. The molecule has 0 spiro atoms. The van der Waals surface area contributed by atoms with Crippen LogP contribution in [0.2, 0.25) is 0 Å². The number of likely N-dealkylation sites (tertiary alicyclic amines) is 1. The van der Waals surface area contributed by atoms with Crippen molar-refractivity contribution in [2.45, 2.75) is 51.2 Å². The number of hydrogen-bond donors (Lipinski definition) is 1. The molecular formula is C14H28N2O. The van der Waals surface area contributed by atoms with E-state index in [0.29, 0.717) is 6.04 Å². The molecule has 0 amide bonds. The molecule has 3 nitrogen and oxygen atoms in total. The molecule has 100 valence electrons. The summed E-state index contributed by atoms with van der Waals surface area (Å²) in [6.45, 7) is 9.40. The van der Waals surface area contributed by atoms with Crippen molar-refractivity contribution in [1.29, 1.82) is 0 Å². The minimum atomic E-state index is 0.0940. The summed E-state index contributed by atoms with van der Waals surface area (Å²) >= 11 is 0. The van der Waals surface area contributed by atoms with Gasteiger partial charge < -0.3 is 15.0 Å². The third-order valence-electron chi connectivity index (χ3n) is 4.48. The van der Waals surface area contributed by atoms with Gasteiger partial charge in [0, 0.05) is 26.2 Å². The highest BCUT2D eigenvalue weighted by Gasteiger charge is 2.32. The molecule has 3 heteroatoms. The van der Waals surface area contributed by atoms with E-state index in [1.165, 1.54) is 45.3 Å². The van der Waals surface area contributed by atoms with Gasteiger partial charge in [0.05, 0.1) is 5.60 Å². The third kappa shape index (κ3) is 3.67. The molecule has 17 heavy (non-hydrogen) atoms. The first-order valence-corrected chi connectivity index (χ1v) is 7.12.